The first-order valence-corrected chi connectivity index (χ1v) is 6.64. The molecule has 0 aliphatic rings. The Labute approximate surface area is 104 Å². The van der Waals surface area contributed by atoms with Crippen molar-refractivity contribution in [3.05, 3.63) is 17.5 Å². The lowest BCUT2D eigenvalue weighted by Gasteiger charge is -2.12. The van der Waals surface area contributed by atoms with Gasteiger partial charge >= 0.3 is 0 Å². The molecule has 0 saturated heterocycles. The van der Waals surface area contributed by atoms with Crippen LogP contribution < -0.4 is 0 Å². The zero-order chi connectivity index (χ0) is 12.1. The summed E-state index contributed by atoms with van der Waals surface area (Å²) in [7, 11) is 2.02. The average molecular weight is 243 g/mol. The minimum Gasteiger partial charge on any atom is -0.272 e. The third kappa shape index (κ3) is 3.82. The van der Waals surface area contributed by atoms with Gasteiger partial charge in [-0.05, 0) is 37.7 Å². The van der Waals surface area contributed by atoms with Crippen molar-refractivity contribution >= 4 is 11.6 Å². The van der Waals surface area contributed by atoms with Gasteiger partial charge in [-0.2, -0.15) is 5.10 Å². The molecule has 1 heterocycles. The lowest BCUT2D eigenvalue weighted by molar-refractivity contribution is 0.540. The maximum atomic E-state index is 6.23. The number of rotatable bonds is 6. The SMILES string of the molecule is CCc1cc(CCCC(Cl)C(C)C)n(C)n1. The number of hydrogen-bond acceptors (Lipinski definition) is 1. The van der Waals surface area contributed by atoms with Crippen molar-refractivity contribution in [2.75, 3.05) is 0 Å². The van der Waals surface area contributed by atoms with Gasteiger partial charge in [-0.3, -0.25) is 4.68 Å². The Morgan fingerprint density at radius 1 is 1.44 bits per heavy atom. The molecular weight excluding hydrogens is 220 g/mol. The maximum absolute atomic E-state index is 6.23. The van der Waals surface area contributed by atoms with Crippen LogP contribution in [0.5, 0.6) is 0 Å². The summed E-state index contributed by atoms with van der Waals surface area (Å²) >= 11 is 6.23. The van der Waals surface area contributed by atoms with Crippen LogP contribution in [0.3, 0.4) is 0 Å². The summed E-state index contributed by atoms with van der Waals surface area (Å²) in [6.07, 6.45) is 4.33. The molecule has 0 fully saturated rings. The molecule has 0 aliphatic heterocycles. The van der Waals surface area contributed by atoms with E-state index in [4.69, 9.17) is 11.6 Å². The fraction of sp³-hybridized carbons (Fsp3) is 0.769. The average Bonchev–Trinajstić information content (AvgIpc) is 2.59. The number of halogens is 1. The van der Waals surface area contributed by atoms with Crippen molar-refractivity contribution in [2.24, 2.45) is 13.0 Å². The van der Waals surface area contributed by atoms with Crippen LogP contribution in [0, 0.1) is 5.92 Å². The molecule has 0 spiro atoms. The topological polar surface area (TPSA) is 17.8 Å². The van der Waals surface area contributed by atoms with E-state index >= 15 is 0 Å². The van der Waals surface area contributed by atoms with Crippen LogP contribution in [0.25, 0.3) is 0 Å². The molecule has 0 N–H and O–H groups in total. The standard InChI is InChI=1S/C13H23ClN2/c1-5-11-9-12(16(4)15-11)7-6-8-13(14)10(2)3/h9-10,13H,5-8H2,1-4H3. The second kappa shape index (κ2) is 6.29. The molecule has 16 heavy (non-hydrogen) atoms. The lowest BCUT2D eigenvalue weighted by Crippen LogP contribution is -2.08. The first-order chi connectivity index (χ1) is 7.54. The van der Waals surface area contributed by atoms with E-state index in [-0.39, 0.29) is 0 Å². The van der Waals surface area contributed by atoms with E-state index in [1.807, 2.05) is 11.7 Å². The van der Waals surface area contributed by atoms with Crippen LogP contribution >= 0.6 is 11.6 Å². The number of nitrogens with zero attached hydrogens (tertiary/aromatic N) is 2. The molecule has 1 atom stereocenters. The summed E-state index contributed by atoms with van der Waals surface area (Å²) in [6, 6.07) is 2.21. The van der Waals surface area contributed by atoms with Gasteiger partial charge in [-0.25, -0.2) is 0 Å². The van der Waals surface area contributed by atoms with E-state index in [0.717, 1.165) is 25.7 Å². The van der Waals surface area contributed by atoms with Gasteiger partial charge < -0.3 is 0 Å². The van der Waals surface area contributed by atoms with Crippen molar-refractivity contribution in [1.29, 1.82) is 0 Å². The van der Waals surface area contributed by atoms with Gasteiger partial charge in [-0.1, -0.05) is 20.8 Å². The quantitative estimate of drug-likeness (QED) is 0.698. The molecule has 1 rings (SSSR count). The van der Waals surface area contributed by atoms with Gasteiger partial charge in [0.05, 0.1) is 5.69 Å². The summed E-state index contributed by atoms with van der Waals surface area (Å²) in [5.41, 5.74) is 2.51. The van der Waals surface area contributed by atoms with Gasteiger partial charge in [-0.15, -0.1) is 11.6 Å². The molecule has 92 valence electrons. The fourth-order valence-electron chi connectivity index (χ4n) is 1.79. The molecule has 1 aromatic rings. The normalized spacial score (nSPS) is 13.4. The molecule has 0 saturated carbocycles. The van der Waals surface area contributed by atoms with Crippen LogP contribution in [-0.4, -0.2) is 15.2 Å². The Kier molecular flexibility index (Phi) is 5.33. The van der Waals surface area contributed by atoms with E-state index in [1.54, 1.807) is 0 Å². The Morgan fingerprint density at radius 3 is 2.62 bits per heavy atom. The van der Waals surface area contributed by atoms with Crippen LogP contribution in [0.4, 0.5) is 0 Å². The van der Waals surface area contributed by atoms with Crippen molar-refractivity contribution in [3.8, 4) is 0 Å². The highest BCUT2D eigenvalue weighted by molar-refractivity contribution is 6.20. The van der Waals surface area contributed by atoms with E-state index in [9.17, 15) is 0 Å². The Balaban J connectivity index is 2.39. The molecule has 2 nitrogen and oxygen atoms in total. The van der Waals surface area contributed by atoms with Crippen LogP contribution in [0.1, 0.15) is 45.0 Å². The number of hydrogen-bond donors (Lipinski definition) is 0. The highest BCUT2D eigenvalue weighted by atomic mass is 35.5. The highest BCUT2D eigenvalue weighted by Gasteiger charge is 2.10. The maximum Gasteiger partial charge on any atom is 0.0624 e. The molecule has 0 radical (unpaired) electrons. The second-order valence-electron chi connectivity index (χ2n) is 4.76. The van der Waals surface area contributed by atoms with Gasteiger partial charge in [0.1, 0.15) is 0 Å². The fourth-order valence-corrected chi connectivity index (χ4v) is 1.94. The van der Waals surface area contributed by atoms with Gasteiger partial charge in [0.25, 0.3) is 0 Å². The summed E-state index contributed by atoms with van der Waals surface area (Å²) in [5, 5.41) is 4.75. The minimum atomic E-state index is 0.305. The van der Waals surface area contributed by atoms with E-state index < -0.39 is 0 Å². The highest BCUT2D eigenvalue weighted by Crippen LogP contribution is 2.17. The van der Waals surface area contributed by atoms with Gasteiger partial charge in [0, 0.05) is 18.1 Å². The zero-order valence-corrected chi connectivity index (χ0v) is 11.6. The van der Waals surface area contributed by atoms with Crippen LogP contribution in [0.15, 0.2) is 6.07 Å². The molecule has 0 amide bonds. The Morgan fingerprint density at radius 2 is 2.12 bits per heavy atom. The summed E-state index contributed by atoms with van der Waals surface area (Å²) < 4.78 is 2.00. The third-order valence-electron chi connectivity index (χ3n) is 3.03. The van der Waals surface area contributed by atoms with Crippen molar-refractivity contribution in [1.82, 2.24) is 9.78 Å². The second-order valence-corrected chi connectivity index (χ2v) is 5.32. The Bertz CT molecular complexity index is 318. The number of aromatic nitrogens is 2. The summed E-state index contributed by atoms with van der Waals surface area (Å²) in [5.74, 6) is 0.569. The molecular formula is C13H23ClN2. The predicted molar refractivity (Wildman–Crippen MR) is 70.0 cm³/mol. The van der Waals surface area contributed by atoms with E-state index in [2.05, 4.69) is 31.9 Å². The monoisotopic (exact) mass is 242 g/mol. The third-order valence-corrected chi connectivity index (χ3v) is 3.75. The van der Waals surface area contributed by atoms with Crippen molar-refractivity contribution < 1.29 is 0 Å². The molecule has 0 aromatic carbocycles. The van der Waals surface area contributed by atoms with Gasteiger partial charge in [0.2, 0.25) is 0 Å². The number of aryl methyl sites for hydroxylation is 3. The predicted octanol–water partition coefficient (Wildman–Crippen LogP) is 3.57. The van der Waals surface area contributed by atoms with Crippen molar-refractivity contribution in [3.63, 3.8) is 0 Å². The lowest BCUT2D eigenvalue weighted by atomic mass is 10.0. The summed E-state index contributed by atoms with van der Waals surface area (Å²) in [4.78, 5) is 0. The molecule has 0 bridgehead atoms. The molecule has 3 heteroatoms. The molecule has 1 unspecified atom stereocenters. The van der Waals surface area contributed by atoms with Crippen molar-refractivity contribution in [2.45, 2.75) is 51.8 Å². The molecule has 1 aromatic heterocycles. The van der Waals surface area contributed by atoms with Crippen LogP contribution in [0.2, 0.25) is 0 Å². The first kappa shape index (κ1) is 13.6. The van der Waals surface area contributed by atoms with Crippen LogP contribution in [-0.2, 0) is 19.9 Å². The van der Waals surface area contributed by atoms with Gasteiger partial charge in [0.15, 0.2) is 0 Å². The smallest absolute Gasteiger partial charge is 0.0624 e. The molecule has 0 aliphatic carbocycles. The van der Waals surface area contributed by atoms with E-state index in [1.165, 1.54) is 11.4 Å². The minimum absolute atomic E-state index is 0.305. The van der Waals surface area contributed by atoms with E-state index in [0.29, 0.717) is 11.3 Å². The number of alkyl halides is 1. The summed E-state index contributed by atoms with van der Waals surface area (Å²) in [6.45, 7) is 6.49. The largest absolute Gasteiger partial charge is 0.272 e. The Hall–Kier alpha value is -0.500. The zero-order valence-electron chi connectivity index (χ0n) is 10.8. The first-order valence-electron chi connectivity index (χ1n) is 6.20.